The minimum atomic E-state index is 0.539. The van der Waals surface area contributed by atoms with Crippen LogP contribution in [0.5, 0.6) is 11.5 Å². The van der Waals surface area contributed by atoms with E-state index in [2.05, 4.69) is 57.6 Å². The van der Waals surface area contributed by atoms with Crippen molar-refractivity contribution in [2.45, 2.75) is 25.3 Å². The highest BCUT2D eigenvalue weighted by Crippen LogP contribution is 2.38. The van der Waals surface area contributed by atoms with Gasteiger partial charge >= 0.3 is 0 Å². The molecule has 0 bridgehead atoms. The summed E-state index contributed by atoms with van der Waals surface area (Å²) in [5.74, 6) is 1.32. The highest BCUT2D eigenvalue weighted by atomic mass is 35.5. The third kappa shape index (κ3) is 5.92. The first-order chi connectivity index (χ1) is 16.5. The molecule has 0 amide bonds. The van der Waals surface area contributed by atoms with Crippen molar-refractivity contribution in [3.63, 3.8) is 0 Å². The van der Waals surface area contributed by atoms with E-state index in [-0.39, 0.29) is 0 Å². The average molecular weight is 504 g/mol. The lowest BCUT2D eigenvalue weighted by Crippen LogP contribution is -2.40. The molecular formula is C25H34ClN5O2S. The van der Waals surface area contributed by atoms with Gasteiger partial charge in [0.1, 0.15) is 17.1 Å². The summed E-state index contributed by atoms with van der Waals surface area (Å²) in [5.41, 5.74) is 3.81. The molecule has 0 unspecified atom stereocenters. The summed E-state index contributed by atoms with van der Waals surface area (Å²) in [5, 5.41) is 0.539. The quantitative estimate of drug-likeness (QED) is 0.314. The van der Waals surface area contributed by atoms with Crippen molar-refractivity contribution in [1.29, 1.82) is 0 Å². The largest absolute Gasteiger partial charge is 0.495 e. The predicted octanol–water partition coefficient (Wildman–Crippen LogP) is 4.83. The molecule has 2 aromatic heterocycles. The van der Waals surface area contributed by atoms with Gasteiger partial charge in [-0.15, -0.1) is 0 Å². The van der Waals surface area contributed by atoms with Crippen LogP contribution in [0.1, 0.15) is 19.3 Å². The summed E-state index contributed by atoms with van der Waals surface area (Å²) in [6.45, 7) is 3.65. The first-order valence-corrected chi connectivity index (χ1v) is 13.3. The highest BCUT2D eigenvalue weighted by molar-refractivity contribution is 7.96. The van der Waals surface area contributed by atoms with Gasteiger partial charge in [-0.05, 0) is 51.7 Å². The van der Waals surface area contributed by atoms with E-state index in [0.717, 1.165) is 61.6 Å². The first kappa shape index (κ1) is 25.0. The fraction of sp³-hybridized carbons (Fsp3) is 0.480. The zero-order valence-corrected chi connectivity index (χ0v) is 22.0. The molecule has 7 nitrogen and oxygen atoms in total. The number of halogens is 1. The zero-order chi connectivity index (χ0) is 24.1. The Morgan fingerprint density at radius 2 is 2.00 bits per heavy atom. The van der Waals surface area contributed by atoms with Crippen LogP contribution in [0.2, 0.25) is 5.02 Å². The molecule has 1 fully saturated rings. The summed E-state index contributed by atoms with van der Waals surface area (Å²) < 4.78 is 17.1. The van der Waals surface area contributed by atoms with Gasteiger partial charge < -0.3 is 23.7 Å². The summed E-state index contributed by atoms with van der Waals surface area (Å²) in [6, 6.07) is 8.65. The lowest BCUT2D eigenvalue weighted by Gasteiger charge is -2.33. The van der Waals surface area contributed by atoms with Crippen molar-refractivity contribution in [2.24, 2.45) is 0 Å². The van der Waals surface area contributed by atoms with Gasteiger partial charge in [0.25, 0.3) is 0 Å². The van der Waals surface area contributed by atoms with Crippen molar-refractivity contribution in [2.75, 3.05) is 58.6 Å². The molecule has 1 aromatic carbocycles. The van der Waals surface area contributed by atoms with Gasteiger partial charge in [0, 0.05) is 61.5 Å². The standard InChI is InChI=1S/C25H34ClN5O2S/c1-29(2)9-5-13-33-23-16-24(32-3)21(26)15-20(23)22-17-31-12-8-19(14-25(31)27-22)30-10-6-18(7-11-30)28-34-4/h8,12,14-18,28H,5-7,9-11,13H2,1-4H3. The maximum atomic E-state index is 6.48. The van der Waals surface area contributed by atoms with Crippen LogP contribution < -0.4 is 19.1 Å². The molecule has 0 radical (unpaired) electrons. The maximum Gasteiger partial charge on any atom is 0.141 e. The van der Waals surface area contributed by atoms with Crippen molar-refractivity contribution < 1.29 is 9.47 Å². The molecule has 0 aliphatic carbocycles. The van der Waals surface area contributed by atoms with Crippen molar-refractivity contribution in [3.05, 3.63) is 41.7 Å². The van der Waals surface area contributed by atoms with E-state index in [1.807, 2.05) is 18.3 Å². The van der Waals surface area contributed by atoms with Gasteiger partial charge in [-0.3, -0.25) is 4.72 Å². The molecule has 1 N–H and O–H groups in total. The third-order valence-electron chi connectivity index (χ3n) is 6.13. The molecule has 4 rings (SSSR count). The first-order valence-electron chi connectivity index (χ1n) is 11.7. The molecule has 0 spiro atoms. The summed E-state index contributed by atoms with van der Waals surface area (Å²) in [4.78, 5) is 9.52. The zero-order valence-electron chi connectivity index (χ0n) is 20.4. The maximum absolute atomic E-state index is 6.48. The number of imidazole rings is 1. The Kier molecular flexibility index (Phi) is 8.47. The Labute approximate surface area is 211 Å². The Morgan fingerprint density at radius 3 is 2.71 bits per heavy atom. The number of anilines is 1. The number of piperidine rings is 1. The number of rotatable bonds is 10. The van der Waals surface area contributed by atoms with E-state index in [4.69, 9.17) is 26.1 Å². The number of benzene rings is 1. The fourth-order valence-corrected chi connectivity index (χ4v) is 5.10. The molecule has 0 atom stereocenters. The predicted molar refractivity (Wildman–Crippen MR) is 143 cm³/mol. The molecular weight excluding hydrogens is 470 g/mol. The number of fused-ring (bicyclic) bond motifs is 1. The van der Waals surface area contributed by atoms with Crippen LogP contribution >= 0.6 is 23.5 Å². The average Bonchev–Trinajstić information content (AvgIpc) is 3.26. The summed E-state index contributed by atoms with van der Waals surface area (Å²) in [7, 11) is 5.74. The monoisotopic (exact) mass is 503 g/mol. The number of hydrogen-bond donors (Lipinski definition) is 1. The second kappa shape index (κ2) is 11.5. The number of nitrogens with one attached hydrogen (secondary N) is 1. The normalized spacial score (nSPS) is 14.8. The van der Waals surface area contributed by atoms with E-state index in [0.29, 0.717) is 23.4 Å². The minimum absolute atomic E-state index is 0.539. The molecule has 1 saturated heterocycles. The van der Waals surface area contributed by atoms with E-state index in [1.165, 1.54) is 5.69 Å². The SMILES string of the molecule is COc1cc(OCCCN(C)C)c(-c2cn3ccc(N4CCC(NSC)CC4)cc3n2)cc1Cl. The summed E-state index contributed by atoms with van der Waals surface area (Å²) in [6.07, 6.45) is 9.41. The van der Waals surface area contributed by atoms with Crippen LogP contribution in [0.3, 0.4) is 0 Å². The molecule has 34 heavy (non-hydrogen) atoms. The number of aromatic nitrogens is 2. The number of hydrogen-bond acceptors (Lipinski definition) is 7. The van der Waals surface area contributed by atoms with E-state index in [9.17, 15) is 0 Å². The fourth-order valence-electron chi connectivity index (χ4n) is 4.29. The lowest BCUT2D eigenvalue weighted by molar-refractivity contribution is 0.281. The van der Waals surface area contributed by atoms with Gasteiger partial charge in [0.2, 0.25) is 0 Å². The van der Waals surface area contributed by atoms with E-state index in [1.54, 1.807) is 19.1 Å². The van der Waals surface area contributed by atoms with E-state index >= 15 is 0 Å². The van der Waals surface area contributed by atoms with Crippen molar-refractivity contribution >= 4 is 34.9 Å². The molecule has 184 valence electrons. The van der Waals surface area contributed by atoms with Gasteiger partial charge in [-0.1, -0.05) is 23.5 Å². The van der Waals surface area contributed by atoms with Gasteiger partial charge in [0.15, 0.2) is 0 Å². The van der Waals surface area contributed by atoms with Gasteiger partial charge in [-0.25, -0.2) is 4.98 Å². The highest BCUT2D eigenvalue weighted by Gasteiger charge is 2.20. The van der Waals surface area contributed by atoms with Crippen LogP contribution in [0.4, 0.5) is 5.69 Å². The Morgan fingerprint density at radius 1 is 1.21 bits per heavy atom. The van der Waals surface area contributed by atoms with Crippen molar-refractivity contribution in [3.8, 4) is 22.8 Å². The van der Waals surface area contributed by atoms with E-state index < -0.39 is 0 Å². The molecule has 3 aromatic rings. The third-order valence-corrected chi connectivity index (χ3v) is 6.99. The van der Waals surface area contributed by atoms with Crippen LogP contribution in [0.15, 0.2) is 36.7 Å². The Hall–Kier alpha value is -2.13. The van der Waals surface area contributed by atoms with Gasteiger partial charge in [0.05, 0.1) is 24.4 Å². The van der Waals surface area contributed by atoms with Crippen molar-refractivity contribution in [1.82, 2.24) is 19.0 Å². The molecule has 9 heteroatoms. The van der Waals surface area contributed by atoms with Crippen LogP contribution in [0, 0.1) is 0 Å². The van der Waals surface area contributed by atoms with Crippen LogP contribution in [-0.2, 0) is 0 Å². The smallest absolute Gasteiger partial charge is 0.141 e. The summed E-state index contributed by atoms with van der Waals surface area (Å²) >= 11 is 8.19. The second-order valence-corrected chi connectivity index (χ2v) is 9.90. The number of methoxy groups -OCH3 is 1. The Bertz CT molecular complexity index is 1100. The van der Waals surface area contributed by atoms with Crippen LogP contribution in [-0.4, -0.2) is 74.0 Å². The molecule has 3 heterocycles. The lowest BCUT2D eigenvalue weighted by atomic mass is 10.1. The molecule has 1 aliphatic heterocycles. The Balaban J connectivity index is 1.57. The number of pyridine rings is 1. The molecule has 1 aliphatic rings. The second-order valence-electron chi connectivity index (χ2n) is 8.85. The van der Waals surface area contributed by atoms with Gasteiger partial charge in [-0.2, -0.15) is 0 Å². The number of ether oxygens (including phenoxy) is 2. The minimum Gasteiger partial charge on any atom is -0.495 e. The van der Waals surface area contributed by atoms with Crippen LogP contribution in [0.25, 0.3) is 16.9 Å². The number of nitrogens with zero attached hydrogens (tertiary/aromatic N) is 4. The topological polar surface area (TPSA) is 54.3 Å². The molecule has 0 saturated carbocycles.